The van der Waals surface area contributed by atoms with Crippen molar-refractivity contribution in [3.8, 4) is 18.0 Å². The summed E-state index contributed by atoms with van der Waals surface area (Å²) in [7, 11) is 3.56. The molecule has 4 aromatic rings. The van der Waals surface area contributed by atoms with Crippen LogP contribution in [0.5, 0.6) is 0 Å². The van der Waals surface area contributed by atoms with Gasteiger partial charge >= 0.3 is 5.69 Å². The highest BCUT2D eigenvalue weighted by atomic mass is 19.1. The first-order valence-electron chi connectivity index (χ1n) is 11.3. The maximum atomic E-state index is 14.8. The predicted molar refractivity (Wildman–Crippen MR) is 132 cm³/mol. The van der Waals surface area contributed by atoms with Gasteiger partial charge in [-0.25, -0.2) is 14.2 Å². The molecule has 0 unspecified atom stereocenters. The van der Waals surface area contributed by atoms with Gasteiger partial charge in [0, 0.05) is 38.7 Å². The molecule has 0 amide bonds. The fourth-order valence-electron chi connectivity index (χ4n) is 4.76. The molecule has 0 bridgehead atoms. The summed E-state index contributed by atoms with van der Waals surface area (Å²) < 4.78 is 25.7. The van der Waals surface area contributed by atoms with E-state index >= 15 is 0 Å². The lowest BCUT2D eigenvalue weighted by molar-refractivity contribution is 0.123. The molecule has 34 heavy (non-hydrogen) atoms. The van der Waals surface area contributed by atoms with Gasteiger partial charge in [-0.2, -0.15) is 0 Å². The molecule has 176 valence electrons. The number of nitrogens with zero attached hydrogens (tertiary/aromatic N) is 5. The molecule has 2 aromatic heterocycles. The van der Waals surface area contributed by atoms with Gasteiger partial charge in [0.25, 0.3) is 0 Å². The highest BCUT2D eigenvalue weighted by molar-refractivity contribution is 5.93. The number of terminal acetylenes is 1. The van der Waals surface area contributed by atoms with Gasteiger partial charge in [0.1, 0.15) is 11.6 Å². The number of morpholine rings is 1. The summed E-state index contributed by atoms with van der Waals surface area (Å²) in [6.45, 7) is 8.90. The van der Waals surface area contributed by atoms with Crippen LogP contribution in [-0.4, -0.2) is 45.0 Å². The zero-order valence-corrected chi connectivity index (χ0v) is 20.1. The number of aromatic nitrogens is 4. The van der Waals surface area contributed by atoms with Crippen molar-refractivity contribution in [1.29, 1.82) is 0 Å². The van der Waals surface area contributed by atoms with E-state index in [-0.39, 0.29) is 16.7 Å². The van der Waals surface area contributed by atoms with Crippen molar-refractivity contribution >= 4 is 27.8 Å². The number of anilines is 1. The summed E-state index contributed by atoms with van der Waals surface area (Å²) in [6.07, 6.45) is 5.51. The zero-order valence-electron chi connectivity index (χ0n) is 20.1. The number of ether oxygens (including phenoxy) is 1. The molecule has 1 fully saturated rings. The van der Waals surface area contributed by atoms with Crippen molar-refractivity contribution in [3.63, 3.8) is 0 Å². The molecule has 1 aliphatic heterocycles. The monoisotopic (exact) mass is 461 g/mol. The lowest BCUT2D eigenvalue weighted by atomic mass is 9.95. The van der Waals surface area contributed by atoms with E-state index in [1.165, 1.54) is 6.07 Å². The molecule has 0 aliphatic carbocycles. The minimum Gasteiger partial charge on any atom is -0.378 e. The van der Waals surface area contributed by atoms with E-state index in [9.17, 15) is 9.18 Å². The van der Waals surface area contributed by atoms with Crippen LogP contribution in [0.1, 0.15) is 32.2 Å². The zero-order chi connectivity index (χ0) is 24.4. The van der Waals surface area contributed by atoms with Crippen LogP contribution < -0.4 is 10.6 Å². The molecule has 8 heteroatoms. The van der Waals surface area contributed by atoms with Gasteiger partial charge < -0.3 is 9.64 Å². The van der Waals surface area contributed by atoms with Crippen LogP contribution in [0.15, 0.2) is 29.1 Å². The Hall–Kier alpha value is -3.57. The van der Waals surface area contributed by atoms with Crippen LogP contribution >= 0.6 is 0 Å². The highest BCUT2D eigenvalue weighted by Gasteiger charge is 2.27. The average Bonchev–Trinajstić information content (AvgIpc) is 3.29. The first kappa shape index (κ1) is 22.2. The summed E-state index contributed by atoms with van der Waals surface area (Å²) in [5.74, 6) is 2.73. The Labute approximate surface area is 197 Å². The van der Waals surface area contributed by atoms with Crippen LogP contribution in [0, 0.1) is 18.2 Å². The van der Waals surface area contributed by atoms with Gasteiger partial charge in [-0.15, -0.1) is 6.42 Å². The second kappa shape index (κ2) is 7.74. The van der Waals surface area contributed by atoms with Crippen LogP contribution in [0.3, 0.4) is 0 Å². The van der Waals surface area contributed by atoms with Gasteiger partial charge in [0.15, 0.2) is 0 Å². The van der Waals surface area contributed by atoms with Gasteiger partial charge in [0.05, 0.1) is 52.2 Å². The maximum Gasteiger partial charge on any atom is 0.328 e. The lowest BCUT2D eigenvalue weighted by Crippen LogP contribution is -2.36. The molecule has 0 radical (unpaired) electrons. The van der Waals surface area contributed by atoms with Gasteiger partial charge in [0.2, 0.25) is 0 Å². The summed E-state index contributed by atoms with van der Waals surface area (Å²) >= 11 is 0. The van der Waals surface area contributed by atoms with Crippen molar-refractivity contribution in [2.45, 2.75) is 26.2 Å². The number of hydrogen-bond acceptors (Lipinski definition) is 4. The SMILES string of the molecule is C#Cc1cc2nc(C(C)(C)C)n(-c3cc(N4CCOCC4)c4c(c3)n(C)c(=O)n4C)c2cc1F. The van der Waals surface area contributed by atoms with E-state index in [0.717, 1.165) is 41.3 Å². The van der Waals surface area contributed by atoms with Crippen LogP contribution in [0.2, 0.25) is 0 Å². The van der Waals surface area contributed by atoms with E-state index in [2.05, 4.69) is 37.7 Å². The number of hydrogen-bond donors (Lipinski definition) is 0. The van der Waals surface area contributed by atoms with Crippen molar-refractivity contribution < 1.29 is 9.13 Å². The predicted octanol–water partition coefficient (Wildman–Crippen LogP) is 3.47. The molecular weight excluding hydrogens is 433 g/mol. The molecule has 3 heterocycles. The normalized spacial score (nSPS) is 14.8. The summed E-state index contributed by atoms with van der Waals surface area (Å²) in [6, 6.07) is 7.12. The third-order valence-corrected chi connectivity index (χ3v) is 6.50. The quantitative estimate of drug-likeness (QED) is 0.429. The Morgan fingerprint density at radius 3 is 2.41 bits per heavy atom. The molecular formula is C26H28FN5O2. The first-order chi connectivity index (χ1) is 16.1. The first-order valence-corrected chi connectivity index (χ1v) is 11.3. The topological polar surface area (TPSA) is 57.2 Å². The third kappa shape index (κ3) is 3.31. The van der Waals surface area contributed by atoms with Crippen LogP contribution in [0.25, 0.3) is 27.8 Å². The fraction of sp³-hybridized carbons (Fsp3) is 0.385. The molecule has 0 saturated carbocycles. The number of aryl methyl sites for hydroxylation is 2. The molecule has 5 rings (SSSR count). The minimum atomic E-state index is -0.460. The molecule has 1 aliphatic rings. The van der Waals surface area contributed by atoms with Crippen molar-refractivity contribution in [2.75, 3.05) is 31.2 Å². The minimum absolute atomic E-state index is 0.0992. The number of fused-ring (bicyclic) bond motifs is 2. The van der Waals surface area contributed by atoms with Crippen LogP contribution in [-0.2, 0) is 24.2 Å². The number of imidazole rings is 2. The van der Waals surface area contributed by atoms with E-state index in [1.807, 2.05) is 10.6 Å². The Bertz CT molecular complexity index is 1540. The molecule has 7 nitrogen and oxygen atoms in total. The van der Waals surface area contributed by atoms with E-state index in [0.29, 0.717) is 24.2 Å². The highest BCUT2D eigenvalue weighted by Crippen LogP contribution is 2.35. The van der Waals surface area contributed by atoms with E-state index in [1.54, 1.807) is 29.3 Å². The number of halogens is 1. The summed E-state index contributed by atoms with van der Waals surface area (Å²) in [4.78, 5) is 20.0. The van der Waals surface area contributed by atoms with Gasteiger partial charge in [-0.3, -0.25) is 13.7 Å². The Morgan fingerprint density at radius 2 is 1.76 bits per heavy atom. The Morgan fingerprint density at radius 1 is 1.06 bits per heavy atom. The lowest BCUT2D eigenvalue weighted by Gasteiger charge is -2.30. The Kier molecular flexibility index (Phi) is 5.06. The summed E-state index contributed by atoms with van der Waals surface area (Å²) in [5, 5.41) is 0. The molecule has 0 spiro atoms. The molecule has 1 saturated heterocycles. The standard InChI is InChI=1S/C26H28FN5O2/c1-7-16-12-19-20(15-18(16)27)32(24(28-19)26(2,3)4)17-13-21-23(30(6)25(33)29(21)5)22(14-17)31-8-10-34-11-9-31/h1,12-15H,8-11H2,2-6H3. The third-order valence-electron chi connectivity index (χ3n) is 6.50. The van der Waals surface area contributed by atoms with Crippen molar-refractivity contribution in [2.24, 2.45) is 14.1 Å². The van der Waals surface area contributed by atoms with E-state index < -0.39 is 5.82 Å². The van der Waals surface area contributed by atoms with Crippen molar-refractivity contribution in [1.82, 2.24) is 18.7 Å². The largest absolute Gasteiger partial charge is 0.378 e. The second-order valence-electron chi connectivity index (χ2n) is 9.82. The smallest absolute Gasteiger partial charge is 0.328 e. The van der Waals surface area contributed by atoms with Gasteiger partial charge in [-0.1, -0.05) is 26.7 Å². The summed E-state index contributed by atoms with van der Waals surface area (Å²) in [5.41, 5.74) is 4.44. The average molecular weight is 462 g/mol. The molecule has 0 N–H and O–H groups in total. The van der Waals surface area contributed by atoms with Crippen molar-refractivity contribution in [3.05, 3.63) is 52.0 Å². The molecule has 0 atom stereocenters. The maximum absolute atomic E-state index is 14.8. The Balaban J connectivity index is 1.89. The second-order valence-corrected chi connectivity index (χ2v) is 9.82. The fourth-order valence-corrected chi connectivity index (χ4v) is 4.76. The molecule has 2 aromatic carbocycles. The number of benzene rings is 2. The van der Waals surface area contributed by atoms with Crippen LogP contribution in [0.4, 0.5) is 10.1 Å². The van der Waals surface area contributed by atoms with Gasteiger partial charge in [-0.05, 0) is 18.2 Å². The van der Waals surface area contributed by atoms with E-state index in [4.69, 9.17) is 16.1 Å². The number of rotatable bonds is 2.